The Morgan fingerprint density at radius 3 is 2.39 bits per heavy atom. The minimum Gasteiger partial charge on any atom is -0.481 e. The van der Waals surface area contributed by atoms with Gasteiger partial charge in [0.1, 0.15) is 5.60 Å². The highest BCUT2D eigenvalue weighted by Gasteiger charge is 2.37. The van der Waals surface area contributed by atoms with Crippen LogP contribution in [0, 0.1) is 17.8 Å². The fourth-order valence-electron chi connectivity index (χ4n) is 2.64. The summed E-state index contributed by atoms with van der Waals surface area (Å²) in [4.78, 5) is 23.0. The van der Waals surface area contributed by atoms with Crippen LogP contribution >= 0.6 is 0 Å². The number of carbonyl (C=O) groups is 2. The predicted octanol–water partition coefficient (Wildman–Crippen LogP) is 2.86. The van der Waals surface area contributed by atoms with Crippen LogP contribution in [0.15, 0.2) is 0 Å². The molecule has 104 valence electrons. The zero-order valence-electron chi connectivity index (χ0n) is 11.7. The summed E-state index contributed by atoms with van der Waals surface area (Å²) in [5.74, 6) is -0.908. The van der Waals surface area contributed by atoms with Crippen LogP contribution in [0.4, 0.5) is 0 Å². The third-order valence-electron chi connectivity index (χ3n) is 3.39. The van der Waals surface area contributed by atoms with Gasteiger partial charge in [0.2, 0.25) is 0 Å². The molecule has 4 heteroatoms. The van der Waals surface area contributed by atoms with Gasteiger partial charge in [0.05, 0.1) is 5.92 Å². The van der Waals surface area contributed by atoms with E-state index in [9.17, 15) is 9.59 Å². The highest BCUT2D eigenvalue weighted by molar-refractivity contribution is 5.75. The second-order valence-electron chi connectivity index (χ2n) is 6.42. The number of esters is 1. The average Bonchev–Trinajstić information content (AvgIpc) is 2.13. The van der Waals surface area contributed by atoms with Crippen LogP contribution in [0.3, 0.4) is 0 Å². The second kappa shape index (κ2) is 5.72. The Morgan fingerprint density at radius 2 is 1.89 bits per heavy atom. The van der Waals surface area contributed by atoms with Gasteiger partial charge >= 0.3 is 11.9 Å². The van der Waals surface area contributed by atoms with Gasteiger partial charge in [0.25, 0.3) is 0 Å². The second-order valence-corrected chi connectivity index (χ2v) is 6.42. The summed E-state index contributed by atoms with van der Waals surface area (Å²) in [6.45, 7) is 7.62. The summed E-state index contributed by atoms with van der Waals surface area (Å²) in [7, 11) is 0. The van der Waals surface area contributed by atoms with Gasteiger partial charge in [-0.1, -0.05) is 6.92 Å². The highest BCUT2D eigenvalue weighted by atomic mass is 16.6. The summed E-state index contributed by atoms with van der Waals surface area (Å²) in [6, 6.07) is 0. The van der Waals surface area contributed by atoms with E-state index < -0.39 is 11.6 Å². The van der Waals surface area contributed by atoms with Crippen LogP contribution < -0.4 is 0 Å². The van der Waals surface area contributed by atoms with Crippen LogP contribution in [0.5, 0.6) is 0 Å². The Kier molecular flexibility index (Phi) is 4.77. The molecular formula is C14H24O4. The summed E-state index contributed by atoms with van der Waals surface area (Å²) < 4.78 is 5.39. The number of carboxylic acid groups (broad SMARTS) is 1. The smallest absolute Gasteiger partial charge is 0.309 e. The molecule has 0 radical (unpaired) electrons. The van der Waals surface area contributed by atoms with Gasteiger partial charge in [0, 0.05) is 6.42 Å². The molecule has 0 aromatic heterocycles. The van der Waals surface area contributed by atoms with Crippen molar-refractivity contribution >= 4 is 11.9 Å². The molecule has 3 atom stereocenters. The Morgan fingerprint density at radius 1 is 1.28 bits per heavy atom. The molecule has 0 spiro atoms. The summed E-state index contributed by atoms with van der Waals surface area (Å²) >= 11 is 0. The van der Waals surface area contributed by atoms with E-state index in [1.165, 1.54) is 0 Å². The molecule has 0 heterocycles. The lowest BCUT2D eigenvalue weighted by atomic mass is 9.73. The molecular weight excluding hydrogens is 232 g/mol. The van der Waals surface area contributed by atoms with Gasteiger partial charge in [-0.2, -0.15) is 0 Å². The molecule has 0 aromatic carbocycles. The highest BCUT2D eigenvalue weighted by Crippen LogP contribution is 2.37. The van der Waals surface area contributed by atoms with Crippen LogP contribution in [-0.4, -0.2) is 22.6 Å². The number of hydrogen-bond donors (Lipinski definition) is 1. The molecule has 1 aliphatic rings. The molecule has 0 aromatic rings. The largest absolute Gasteiger partial charge is 0.481 e. The molecule has 0 unspecified atom stereocenters. The molecule has 0 bridgehead atoms. The molecule has 18 heavy (non-hydrogen) atoms. The van der Waals surface area contributed by atoms with Crippen molar-refractivity contribution < 1.29 is 19.4 Å². The third-order valence-corrected chi connectivity index (χ3v) is 3.39. The van der Waals surface area contributed by atoms with E-state index in [0.717, 1.165) is 19.3 Å². The van der Waals surface area contributed by atoms with Gasteiger partial charge in [-0.3, -0.25) is 9.59 Å². The minimum atomic E-state index is -0.831. The van der Waals surface area contributed by atoms with Gasteiger partial charge in [-0.15, -0.1) is 0 Å². The summed E-state index contributed by atoms with van der Waals surface area (Å²) in [5, 5.41) is 8.93. The van der Waals surface area contributed by atoms with Crippen molar-refractivity contribution in [2.45, 2.75) is 59.0 Å². The number of aliphatic carboxylic acids is 1. The molecule has 1 saturated carbocycles. The van der Waals surface area contributed by atoms with E-state index in [1.54, 1.807) is 0 Å². The van der Waals surface area contributed by atoms with Crippen molar-refractivity contribution in [1.29, 1.82) is 0 Å². The Bertz CT molecular complexity index is 316. The number of hydrogen-bond acceptors (Lipinski definition) is 3. The SMILES string of the molecule is C[C@@H]1CC[C@H](C(=O)OC(C)(C)C)[C@H](CC(=O)O)C1. The van der Waals surface area contributed by atoms with Gasteiger partial charge in [0.15, 0.2) is 0 Å². The summed E-state index contributed by atoms with van der Waals surface area (Å²) in [6.07, 6.45) is 2.58. The normalized spacial score (nSPS) is 28.8. The lowest BCUT2D eigenvalue weighted by molar-refractivity contribution is -0.164. The molecule has 1 rings (SSSR count). The van der Waals surface area contributed by atoms with Crippen molar-refractivity contribution in [2.24, 2.45) is 17.8 Å². The third kappa shape index (κ3) is 4.67. The standard InChI is InChI=1S/C14H24O4/c1-9-5-6-11(10(7-9)8-12(15)16)13(17)18-14(2,3)4/h9-11H,5-8H2,1-4H3,(H,15,16)/t9-,10+,11+/m1/s1. The summed E-state index contributed by atoms with van der Waals surface area (Å²) in [5.41, 5.74) is -0.506. The maximum atomic E-state index is 12.1. The van der Waals surface area contributed by atoms with Crippen molar-refractivity contribution in [3.8, 4) is 0 Å². The fourth-order valence-corrected chi connectivity index (χ4v) is 2.64. The Hall–Kier alpha value is -1.06. The van der Waals surface area contributed by atoms with Crippen molar-refractivity contribution in [1.82, 2.24) is 0 Å². The first-order chi connectivity index (χ1) is 8.19. The van der Waals surface area contributed by atoms with E-state index in [1.807, 2.05) is 20.8 Å². The monoisotopic (exact) mass is 256 g/mol. The minimum absolute atomic E-state index is 0.0637. The fraction of sp³-hybridized carbons (Fsp3) is 0.857. The van der Waals surface area contributed by atoms with Crippen LogP contribution in [0.25, 0.3) is 0 Å². The van der Waals surface area contributed by atoms with Crippen LogP contribution in [-0.2, 0) is 14.3 Å². The van der Waals surface area contributed by atoms with Crippen LogP contribution in [0.1, 0.15) is 53.4 Å². The lowest BCUT2D eigenvalue weighted by Crippen LogP contribution is -2.36. The Labute approximate surface area is 109 Å². The van der Waals surface area contributed by atoms with E-state index >= 15 is 0 Å². The molecule has 4 nitrogen and oxygen atoms in total. The quantitative estimate of drug-likeness (QED) is 0.789. The molecule has 0 saturated heterocycles. The first-order valence-corrected chi connectivity index (χ1v) is 6.63. The van der Waals surface area contributed by atoms with Gasteiger partial charge < -0.3 is 9.84 Å². The van der Waals surface area contributed by atoms with Crippen molar-refractivity contribution in [2.75, 3.05) is 0 Å². The van der Waals surface area contributed by atoms with Crippen molar-refractivity contribution in [3.63, 3.8) is 0 Å². The first-order valence-electron chi connectivity index (χ1n) is 6.63. The lowest BCUT2D eigenvalue weighted by Gasteiger charge is -2.34. The topological polar surface area (TPSA) is 63.6 Å². The van der Waals surface area contributed by atoms with E-state index in [-0.39, 0.29) is 24.2 Å². The van der Waals surface area contributed by atoms with Crippen LogP contribution in [0.2, 0.25) is 0 Å². The number of carbonyl (C=O) groups excluding carboxylic acids is 1. The maximum absolute atomic E-state index is 12.1. The maximum Gasteiger partial charge on any atom is 0.309 e. The predicted molar refractivity (Wildman–Crippen MR) is 68.1 cm³/mol. The Balaban J connectivity index is 2.70. The van der Waals surface area contributed by atoms with E-state index in [0.29, 0.717) is 5.92 Å². The molecule has 0 amide bonds. The zero-order chi connectivity index (χ0) is 13.9. The molecule has 1 fully saturated rings. The van der Waals surface area contributed by atoms with E-state index in [2.05, 4.69) is 6.92 Å². The molecule has 1 N–H and O–H groups in total. The van der Waals surface area contributed by atoms with E-state index in [4.69, 9.17) is 9.84 Å². The number of ether oxygens (including phenoxy) is 1. The van der Waals surface area contributed by atoms with Gasteiger partial charge in [-0.05, 0) is 51.9 Å². The average molecular weight is 256 g/mol. The molecule has 0 aliphatic heterocycles. The zero-order valence-corrected chi connectivity index (χ0v) is 11.7. The number of carboxylic acids is 1. The number of rotatable bonds is 3. The first kappa shape index (κ1) is 15.0. The van der Waals surface area contributed by atoms with Gasteiger partial charge in [-0.25, -0.2) is 0 Å². The molecule has 1 aliphatic carbocycles. The van der Waals surface area contributed by atoms with Crippen molar-refractivity contribution in [3.05, 3.63) is 0 Å².